The Balaban J connectivity index is 1.45. The fraction of sp³-hybridized carbons (Fsp3) is 0.944. The van der Waals surface area contributed by atoms with E-state index in [-0.39, 0.29) is 5.91 Å². The molecule has 3 rings (SSSR count). The highest BCUT2D eigenvalue weighted by molar-refractivity contribution is 5.74. The molecular weight excluding hydrogens is 274 g/mol. The third kappa shape index (κ3) is 4.23. The Hall–Kier alpha value is -0.610. The van der Waals surface area contributed by atoms with Crippen LogP contribution in [0.5, 0.6) is 0 Å². The zero-order valence-electron chi connectivity index (χ0n) is 14.5. The zero-order valence-corrected chi connectivity index (χ0v) is 14.5. The van der Waals surface area contributed by atoms with Gasteiger partial charge >= 0.3 is 0 Å². The van der Waals surface area contributed by atoms with Crippen LogP contribution in [0.3, 0.4) is 0 Å². The smallest absolute Gasteiger partial charge is 0.219 e. The van der Waals surface area contributed by atoms with E-state index in [1.165, 1.54) is 71.2 Å². The highest BCUT2D eigenvalue weighted by atomic mass is 16.2. The predicted molar refractivity (Wildman–Crippen MR) is 89.8 cm³/mol. The van der Waals surface area contributed by atoms with Gasteiger partial charge in [0.2, 0.25) is 5.91 Å². The third-order valence-electron chi connectivity index (χ3n) is 5.88. The van der Waals surface area contributed by atoms with E-state index in [2.05, 4.69) is 21.6 Å². The van der Waals surface area contributed by atoms with E-state index in [1.54, 1.807) is 6.92 Å². The van der Waals surface area contributed by atoms with Gasteiger partial charge in [0.1, 0.15) is 0 Å². The Labute approximate surface area is 135 Å². The van der Waals surface area contributed by atoms with Crippen LogP contribution in [0, 0.1) is 5.92 Å². The van der Waals surface area contributed by atoms with Crippen molar-refractivity contribution in [2.45, 2.75) is 64.5 Å². The largest absolute Gasteiger partial charge is 0.338 e. The molecular formula is C18H33N3O. The van der Waals surface area contributed by atoms with Crippen LogP contribution in [0.4, 0.5) is 0 Å². The second-order valence-corrected chi connectivity index (χ2v) is 7.76. The van der Waals surface area contributed by atoms with Crippen LogP contribution < -0.4 is 0 Å². The molecule has 0 aromatic heterocycles. The SMILES string of the molecule is CC(=O)N(C[C@H]1CCCN1CCN1CCC(C)CC1)C1CC1. The number of carbonyl (C=O) groups is 1. The number of amides is 1. The maximum atomic E-state index is 11.9. The number of nitrogens with zero attached hydrogens (tertiary/aromatic N) is 3. The normalized spacial score (nSPS) is 28.2. The van der Waals surface area contributed by atoms with Gasteiger partial charge in [0.05, 0.1) is 0 Å². The monoisotopic (exact) mass is 307 g/mol. The van der Waals surface area contributed by atoms with Crippen LogP contribution in [-0.2, 0) is 4.79 Å². The number of carbonyl (C=O) groups excluding carboxylic acids is 1. The number of likely N-dealkylation sites (tertiary alicyclic amines) is 2. The van der Waals surface area contributed by atoms with Crippen LogP contribution in [0.1, 0.15) is 52.4 Å². The summed E-state index contributed by atoms with van der Waals surface area (Å²) in [5, 5.41) is 0. The average molecular weight is 307 g/mol. The molecule has 1 amide bonds. The first-order chi connectivity index (χ1) is 10.6. The van der Waals surface area contributed by atoms with Crippen LogP contribution >= 0.6 is 0 Å². The van der Waals surface area contributed by atoms with E-state index < -0.39 is 0 Å². The van der Waals surface area contributed by atoms with Gasteiger partial charge in [-0.05, 0) is 64.1 Å². The molecule has 2 heterocycles. The van der Waals surface area contributed by atoms with Crippen molar-refractivity contribution in [3.05, 3.63) is 0 Å². The predicted octanol–water partition coefficient (Wildman–Crippen LogP) is 2.19. The highest BCUT2D eigenvalue weighted by Crippen LogP contribution is 2.29. The lowest BCUT2D eigenvalue weighted by atomic mass is 9.99. The van der Waals surface area contributed by atoms with Crippen molar-refractivity contribution >= 4 is 5.91 Å². The summed E-state index contributed by atoms with van der Waals surface area (Å²) in [5.41, 5.74) is 0. The number of rotatable bonds is 6. The molecule has 126 valence electrons. The van der Waals surface area contributed by atoms with Gasteiger partial charge in [0, 0.05) is 38.6 Å². The van der Waals surface area contributed by atoms with Gasteiger partial charge in [0.25, 0.3) is 0 Å². The van der Waals surface area contributed by atoms with Crippen LogP contribution in [0.2, 0.25) is 0 Å². The molecule has 3 aliphatic rings. The van der Waals surface area contributed by atoms with E-state index in [4.69, 9.17) is 0 Å². The summed E-state index contributed by atoms with van der Waals surface area (Å²) in [6.07, 6.45) is 7.74. The van der Waals surface area contributed by atoms with Crippen molar-refractivity contribution in [3.8, 4) is 0 Å². The van der Waals surface area contributed by atoms with Gasteiger partial charge in [0.15, 0.2) is 0 Å². The Morgan fingerprint density at radius 1 is 1.05 bits per heavy atom. The number of piperidine rings is 1. The topological polar surface area (TPSA) is 26.8 Å². The summed E-state index contributed by atoms with van der Waals surface area (Å²) < 4.78 is 0. The van der Waals surface area contributed by atoms with Crippen LogP contribution in [0.15, 0.2) is 0 Å². The molecule has 1 aliphatic carbocycles. The molecule has 2 aliphatic heterocycles. The maximum absolute atomic E-state index is 11.9. The first kappa shape index (κ1) is 16.3. The van der Waals surface area contributed by atoms with Crippen molar-refractivity contribution in [1.82, 2.24) is 14.7 Å². The van der Waals surface area contributed by atoms with Crippen molar-refractivity contribution in [1.29, 1.82) is 0 Å². The standard InChI is InChI=1S/C18H33N3O/c1-15-7-10-19(11-8-15)12-13-20-9-3-4-18(20)14-21(16(2)22)17-5-6-17/h15,17-18H,3-14H2,1-2H3/t18-/m1/s1. The van der Waals surface area contributed by atoms with E-state index in [1.807, 2.05) is 0 Å². The molecule has 1 atom stereocenters. The summed E-state index contributed by atoms with van der Waals surface area (Å²) >= 11 is 0. The van der Waals surface area contributed by atoms with Gasteiger partial charge in [-0.3, -0.25) is 9.69 Å². The van der Waals surface area contributed by atoms with Gasteiger partial charge in [-0.2, -0.15) is 0 Å². The Morgan fingerprint density at radius 3 is 2.41 bits per heavy atom. The molecule has 0 unspecified atom stereocenters. The van der Waals surface area contributed by atoms with Crippen molar-refractivity contribution < 1.29 is 4.79 Å². The van der Waals surface area contributed by atoms with E-state index in [9.17, 15) is 4.79 Å². The maximum Gasteiger partial charge on any atom is 0.219 e. The molecule has 4 heteroatoms. The molecule has 0 bridgehead atoms. The van der Waals surface area contributed by atoms with Gasteiger partial charge in [-0.1, -0.05) is 6.92 Å². The molecule has 0 N–H and O–H groups in total. The Bertz CT molecular complexity index is 375. The average Bonchev–Trinajstić information content (AvgIpc) is 3.24. The van der Waals surface area contributed by atoms with Crippen molar-refractivity contribution in [3.63, 3.8) is 0 Å². The molecule has 0 radical (unpaired) electrons. The van der Waals surface area contributed by atoms with Crippen LogP contribution in [-0.4, -0.2) is 72.0 Å². The number of hydrogen-bond donors (Lipinski definition) is 0. The molecule has 0 aromatic carbocycles. The Kier molecular flexibility index (Phi) is 5.40. The summed E-state index contributed by atoms with van der Waals surface area (Å²) in [5.74, 6) is 1.19. The first-order valence-electron chi connectivity index (χ1n) is 9.37. The second-order valence-electron chi connectivity index (χ2n) is 7.76. The van der Waals surface area contributed by atoms with Gasteiger partial charge in [-0.15, -0.1) is 0 Å². The lowest BCUT2D eigenvalue weighted by molar-refractivity contribution is -0.130. The minimum Gasteiger partial charge on any atom is -0.338 e. The van der Waals surface area contributed by atoms with Crippen molar-refractivity contribution in [2.75, 3.05) is 39.3 Å². The molecule has 0 aromatic rings. The van der Waals surface area contributed by atoms with Crippen LogP contribution in [0.25, 0.3) is 0 Å². The van der Waals surface area contributed by atoms with E-state index in [0.717, 1.165) is 12.5 Å². The zero-order chi connectivity index (χ0) is 15.5. The third-order valence-corrected chi connectivity index (χ3v) is 5.88. The minimum absolute atomic E-state index is 0.277. The van der Waals surface area contributed by atoms with Crippen molar-refractivity contribution in [2.24, 2.45) is 5.92 Å². The summed E-state index contributed by atoms with van der Waals surface area (Å²) in [7, 11) is 0. The molecule has 0 spiro atoms. The molecule has 3 fully saturated rings. The lowest BCUT2D eigenvalue weighted by Gasteiger charge is -2.34. The molecule has 22 heavy (non-hydrogen) atoms. The highest BCUT2D eigenvalue weighted by Gasteiger charge is 2.35. The second kappa shape index (κ2) is 7.31. The summed E-state index contributed by atoms with van der Waals surface area (Å²) in [6, 6.07) is 1.16. The van der Waals surface area contributed by atoms with E-state index in [0.29, 0.717) is 12.1 Å². The van der Waals surface area contributed by atoms with E-state index >= 15 is 0 Å². The minimum atomic E-state index is 0.277. The Morgan fingerprint density at radius 2 is 1.77 bits per heavy atom. The fourth-order valence-electron chi connectivity index (χ4n) is 4.10. The van der Waals surface area contributed by atoms with Gasteiger partial charge < -0.3 is 9.80 Å². The lowest BCUT2D eigenvalue weighted by Crippen LogP contribution is -2.46. The number of hydrogen-bond acceptors (Lipinski definition) is 3. The first-order valence-corrected chi connectivity index (χ1v) is 9.37. The quantitative estimate of drug-likeness (QED) is 0.752. The molecule has 2 saturated heterocycles. The van der Waals surface area contributed by atoms with Gasteiger partial charge in [-0.25, -0.2) is 0 Å². The molecule has 1 saturated carbocycles. The molecule has 4 nitrogen and oxygen atoms in total. The summed E-state index contributed by atoms with van der Waals surface area (Å²) in [4.78, 5) is 19.3. The fourth-order valence-corrected chi connectivity index (χ4v) is 4.10. The summed E-state index contributed by atoms with van der Waals surface area (Å²) in [6.45, 7) is 11.3.